The quantitative estimate of drug-likeness (QED) is 0.189. The van der Waals surface area contributed by atoms with Crippen LogP contribution in [0.3, 0.4) is 0 Å². The number of anilines is 3. The van der Waals surface area contributed by atoms with Crippen LogP contribution >= 0.6 is 0 Å². The zero-order valence-corrected chi connectivity index (χ0v) is 20.9. The second-order valence-electron chi connectivity index (χ2n) is 9.35. The standard InChI is InChI=1S/C28H30F2N6O2/c29-28(30,9-1-2-12-36-13-15-38-16-14-36)10-7-26(37)34-22-4-6-25-23(18-22)27(33-19-32-25)35-21-3-5-24-20(17-21)8-11-31-24/h3-8,10-11,17-19,31H,1-2,9,12-16H2,(H,34,37)(H,32,33,35)/b10-7+. The fourth-order valence-electron chi connectivity index (χ4n) is 4.49. The number of carbonyl (C=O) groups excluding carboxylic acids is 1. The van der Waals surface area contributed by atoms with Crippen molar-refractivity contribution in [1.82, 2.24) is 19.9 Å². The van der Waals surface area contributed by atoms with Gasteiger partial charge in [-0.2, -0.15) is 0 Å². The van der Waals surface area contributed by atoms with E-state index in [0.717, 1.165) is 42.3 Å². The van der Waals surface area contributed by atoms with Gasteiger partial charge in [0.2, 0.25) is 5.91 Å². The second kappa shape index (κ2) is 11.7. The molecule has 0 radical (unpaired) electrons. The molecular weight excluding hydrogens is 490 g/mol. The van der Waals surface area contributed by atoms with Crippen LogP contribution in [0.15, 0.2) is 67.1 Å². The van der Waals surface area contributed by atoms with Gasteiger partial charge in [-0.05, 0) is 67.9 Å². The summed E-state index contributed by atoms with van der Waals surface area (Å²) in [6.07, 6.45) is 5.70. The van der Waals surface area contributed by atoms with Crippen molar-refractivity contribution in [3.05, 3.63) is 67.1 Å². The first kappa shape index (κ1) is 25.7. The van der Waals surface area contributed by atoms with Gasteiger partial charge < -0.3 is 20.4 Å². The molecular formula is C28H30F2N6O2. The van der Waals surface area contributed by atoms with Crippen LogP contribution < -0.4 is 10.6 Å². The Hall–Kier alpha value is -3.89. The van der Waals surface area contributed by atoms with Crippen molar-refractivity contribution in [2.75, 3.05) is 43.5 Å². The van der Waals surface area contributed by atoms with Crippen molar-refractivity contribution in [3.63, 3.8) is 0 Å². The summed E-state index contributed by atoms with van der Waals surface area (Å²) >= 11 is 0. The Morgan fingerprint density at radius 2 is 1.92 bits per heavy atom. The van der Waals surface area contributed by atoms with Crippen molar-refractivity contribution >= 4 is 44.9 Å². The highest BCUT2D eigenvalue weighted by Gasteiger charge is 2.24. The summed E-state index contributed by atoms with van der Waals surface area (Å²) in [6.45, 7) is 3.87. The normalized spacial score (nSPS) is 14.9. The topological polar surface area (TPSA) is 95.2 Å². The minimum atomic E-state index is -3.04. The number of hydrogen-bond donors (Lipinski definition) is 3. The first-order valence-corrected chi connectivity index (χ1v) is 12.7. The Morgan fingerprint density at radius 3 is 2.79 bits per heavy atom. The van der Waals surface area contributed by atoms with E-state index < -0.39 is 11.8 Å². The molecule has 2 aromatic carbocycles. The number of hydrogen-bond acceptors (Lipinski definition) is 6. The van der Waals surface area contributed by atoms with Crippen molar-refractivity contribution in [2.24, 2.45) is 0 Å². The first-order valence-electron chi connectivity index (χ1n) is 12.7. The summed E-state index contributed by atoms with van der Waals surface area (Å²) in [7, 11) is 0. The molecule has 38 heavy (non-hydrogen) atoms. The van der Waals surface area contributed by atoms with Crippen molar-refractivity contribution in [3.8, 4) is 0 Å². The monoisotopic (exact) mass is 520 g/mol. The minimum absolute atomic E-state index is 0.294. The molecule has 1 fully saturated rings. The molecule has 0 unspecified atom stereocenters. The first-order chi connectivity index (χ1) is 18.4. The number of nitrogens with one attached hydrogen (secondary N) is 3. The van der Waals surface area contributed by atoms with Crippen LogP contribution in [0, 0.1) is 0 Å². The molecule has 0 saturated carbocycles. The van der Waals surface area contributed by atoms with E-state index in [1.165, 1.54) is 6.33 Å². The van der Waals surface area contributed by atoms with E-state index in [-0.39, 0.29) is 6.42 Å². The molecule has 0 atom stereocenters. The Balaban J connectivity index is 1.19. The highest BCUT2D eigenvalue weighted by molar-refractivity contribution is 6.02. The maximum Gasteiger partial charge on any atom is 0.266 e. The molecule has 0 aliphatic carbocycles. The lowest BCUT2D eigenvalue weighted by molar-refractivity contribution is -0.112. The van der Waals surface area contributed by atoms with E-state index >= 15 is 0 Å². The molecule has 0 bridgehead atoms. The van der Waals surface area contributed by atoms with Gasteiger partial charge in [0.25, 0.3) is 5.92 Å². The summed E-state index contributed by atoms with van der Waals surface area (Å²) in [4.78, 5) is 26.4. The number of H-pyrrole nitrogens is 1. The number of carbonyl (C=O) groups is 1. The average Bonchev–Trinajstić information content (AvgIpc) is 3.39. The third-order valence-corrected chi connectivity index (χ3v) is 6.54. The number of rotatable bonds is 10. The SMILES string of the molecule is O=C(/C=C/C(F)(F)CCCCN1CCOCC1)Nc1ccc2ncnc(Nc3ccc4[nH]ccc4c3)c2c1. The molecule has 3 heterocycles. The average molecular weight is 521 g/mol. The van der Waals surface area contributed by atoms with Gasteiger partial charge in [-0.25, -0.2) is 18.7 Å². The molecule has 0 spiro atoms. The lowest BCUT2D eigenvalue weighted by Crippen LogP contribution is -2.36. The molecule has 5 rings (SSSR count). The molecule has 198 valence electrons. The smallest absolute Gasteiger partial charge is 0.266 e. The Kier molecular flexibility index (Phi) is 7.90. The molecule has 1 saturated heterocycles. The van der Waals surface area contributed by atoms with E-state index in [1.54, 1.807) is 18.2 Å². The van der Waals surface area contributed by atoms with E-state index in [4.69, 9.17) is 4.74 Å². The van der Waals surface area contributed by atoms with E-state index in [0.29, 0.717) is 54.5 Å². The van der Waals surface area contributed by atoms with Crippen molar-refractivity contribution in [2.45, 2.75) is 25.2 Å². The van der Waals surface area contributed by atoms with E-state index in [9.17, 15) is 13.6 Å². The van der Waals surface area contributed by atoms with Gasteiger partial charge in [0.1, 0.15) is 12.1 Å². The number of amides is 1. The maximum atomic E-state index is 14.3. The molecule has 1 aliphatic heterocycles. The van der Waals surface area contributed by atoms with Gasteiger partial charge in [0.05, 0.1) is 18.7 Å². The van der Waals surface area contributed by atoms with Gasteiger partial charge in [0.15, 0.2) is 0 Å². The highest BCUT2D eigenvalue weighted by Crippen LogP contribution is 2.28. The predicted octanol–water partition coefficient (Wildman–Crippen LogP) is 5.49. The Labute approximate surface area is 219 Å². The highest BCUT2D eigenvalue weighted by atomic mass is 19.3. The zero-order valence-electron chi connectivity index (χ0n) is 20.9. The molecule has 8 nitrogen and oxygen atoms in total. The molecule has 10 heteroatoms. The number of aromatic nitrogens is 3. The fraction of sp³-hybridized carbons (Fsp3) is 0.321. The van der Waals surface area contributed by atoms with Gasteiger partial charge in [0, 0.05) is 59.4 Å². The number of benzene rings is 2. The summed E-state index contributed by atoms with van der Waals surface area (Å²) < 4.78 is 33.9. The number of ether oxygens (including phenoxy) is 1. The predicted molar refractivity (Wildman–Crippen MR) is 145 cm³/mol. The third-order valence-electron chi connectivity index (χ3n) is 6.54. The minimum Gasteiger partial charge on any atom is -0.379 e. The van der Waals surface area contributed by atoms with Gasteiger partial charge in [-0.15, -0.1) is 0 Å². The summed E-state index contributed by atoms with van der Waals surface area (Å²) in [5.74, 6) is -3.10. The molecule has 4 aromatic rings. The van der Waals surface area contributed by atoms with Gasteiger partial charge in [-0.3, -0.25) is 9.69 Å². The van der Waals surface area contributed by atoms with Crippen LogP contribution in [0.2, 0.25) is 0 Å². The number of alkyl halides is 2. The zero-order chi connectivity index (χ0) is 26.4. The number of unbranched alkanes of at least 4 members (excludes halogenated alkanes) is 1. The van der Waals surface area contributed by atoms with Crippen LogP contribution in [0.4, 0.5) is 26.0 Å². The van der Waals surface area contributed by atoms with E-state index in [2.05, 4.69) is 30.5 Å². The number of allylic oxidation sites excluding steroid dienone is 1. The van der Waals surface area contributed by atoms with Gasteiger partial charge in [-0.1, -0.05) is 0 Å². The molecule has 3 N–H and O–H groups in total. The lowest BCUT2D eigenvalue weighted by Gasteiger charge is -2.26. The van der Waals surface area contributed by atoms with Crippen LogP contribution in [0.5, 0.6) is 0 Å². The number of nitrogens with zero attached hydrogens (tertiary/aromatic N) is 3. The van der Waals surface area contributed by atoms with Crippen molar-refractivity contribution in [1.29, 1.82) is 0 Å². The van der Waals surface area contributed by atoms with Crippen LogP contribution in [0.25, 0.3) is 21.8 Å². The molecule has 1 aliphatic rings. The summed E-state index contributed by atoms with van der Waals surface area (Å²) in [5, 5.41) is 7.71. The summed E-state index contributed by atoms with van der Waals surface area (Å²) in [6, 6.07) is 13.0. The molecule has 1 amide bonds. The Bertz CT molecular complexity index is 1430. The Morgan fingerprint density at radius 1 is 1.08 bits per heavy atom. The number of aromatic amines is 1. The molecule has 2 aromatic heterocycles. The lowest BCUT2D eigenvalue weighted by atomic mass is 10.1. The van der Waals surface area contributed by atoms with Crippen LogP contribution in [-0.4, -0.2) is 64.5 Å². The number of fused-ring (bicyclic) bond motifs is 2. The fourth-order valence-corrected chi connectivity index (χ4v) is 4.49. The number of halogens is 2. The third kappa shape index (κ3) is 6.70. The van der Waals surface area contributed by atoms with Crippen molar-refractivity contribution < 1.29 is 18.3 Å². The maximum absolute atomic E-state index is 14.3. The summed E-state index contributed by atoms with van der Waals surface area (Å²) in [5.41, 5.74) is 3.02. The van der Waals surface area contributed by atoms with Gasteiger partial charge >= 0.3 is 0 Å². The largest absolute Gasteiger partial charge is 0.379 e. The number of morpholine rings is 1. The van der Waals surface area contributed by atoms with Crippen LogP contribution in [0.1, 0.15) is 19.3 Å². The second-order valence-corrected chi connectivity index (χ2v) is 9.35. The van der Waals surface area contributed by atoms with E-state index in [1.807, 2.05) is 30.5 Å². The van der Waals surface area contributed by atoms with Crippen LogP contribution in [-0.2, 0) is 9.53 Å².